The fourth-order valence-electron chi connectivity index (χ4n) is 4.98. The van der Waals surface area contributed by atoms with E-state index in [4.69, 9.17) is 10.7 Å². The molecular weight excluding hydrogens is 409 g/mol. The standard InChI is InChI=1S/C20H25N7.2ClH/c1-12-6-4-5-7-14(12)17-16-11-27(10-13(16)9-25(17)2)20-23-18(21)15-8-22-26(3)19(15)24-20;;/h4-8,13,16-17H,9-11H2,1-3H3,(H2,21,23,24);2*1H/t13-,16+,17+;;/m0../s1. The van der Waals surface area contributed by atoms with Gasteiger partial charge in [0.1, 0.15) is 5.82 Å². The van der Waals surface area contributed by atoms with Crippen LogP contribution in [0.4, 0.5) is 11.8 Å². The second-order valence-corrected chi connectivity index (χ2v) is 7.98. The van der Waals surface area contributed by atoms with Gasteiger partial charge in [-0.2, -0.15) is 15.1 Å². The summed E-state index contributed by atoms with van der Waals surface area (Å²) in [6.45, 7) is 5.24. The van der Waals surface area contributed by atoms with Crippen molar-refractivity contribution in [1.82, 2.24) is 24.6 Å². The first kappa shape index (κ1) is 21.6. The topological polar surface area (TPSA) is 76.1 Å². The van der Waals surface area contributed by atoms with E-state index in [9.17, 15) is 0 Å². The lowest BCUT2D eigenvalue weighted by atomic mass is 9.88. The molecule has 9 heteroatoms. The van der Waals surface area contributed by atoms with Gasteiger partial charge in [-0.1, -0.05) is 24.3 Å². The Morgan fingerprint density at radius 2 is 1.79 bits per heavy atom. The van der Waals surface area contributed by atoms with Crippen LogP contribution >= 0.6 is 24.8 Å². The maximum atomic E-state index is 6.17. The van der Waals surface area contributed by atoms with Crippen LogP contribution in [0.3, 0.4) is 0 Å². The van der Waals surface area contributed by atoms with E-state index in [-0.39, 0.29) is 24.8 Å². The summed E-state index contributed by atoms with van der Waals surface area (Å²) >= 11 is 0. The molecule has 3 aromatic rings. The summed E-state index contributed by atoms with van der Waals surface area (Å²) in [5.74, 6) is 2.42. The van der Waals surface area contributed by atoms with Gasteiger partial charge in [-0.25, -0.2) is 0 Å². The van der Waals surface area contributed by atoms with Gasteiger partial charge in [0.25, 0.3) is 0 Å². The molecule has 2 aromatic heterocycles. The molecule has 2 aliphatic rings. The number of anilines is 2. The highest BCUT2D eigenvalue weighted by atomic mass is 35.5. The van der Waals surface area contributed by atoms with Crippen molar-refractivity contribution in [2.75, 3.05) is 37.3 Å². The molecule has 2 saturated heterocycles. The number of hydrogen-bond donors (Lipinski definition) is 1. The predicted molar refractivity (Wildman–Crippen MR) is 121 cm³/mol. The van der Waals surface area contributed by atoms with Crippen molar-refractivity contribution in [1.29, 1.82) is 0 Å². The first-order chi connectivity index (χ1) is 13.0. The number of nitrogens with zero attached hydrogens (tertiary/aromatic N) is 6. The Morgan fingerprint density at radius 3 is 2.55 bits per heavy atom. The minimum absolute atomic E-state index is 0. The van der Waals surface area contributed by atoms with Gasteiger partial charge in [0, 0.05) is 38.6 Å². The van der Waals surface area contributed by atoms with E-state index in [1.807, 2.05) is 7.05 Å². The van der Waals surface area contributed by atoms with Crippen LogP contribution in [0.5, 0.6) is 0 Å². The molecule has 0 spiro atoms. The molecule has 4 heterocycles. The van der Waals surface area contributed by atoms with Crippen LogP contribution in [0.1, 0.15) is 17.2 Å². The molecule has 2 N–H and O–H groups in total. The van der Waals surface area contributed by atoms with Gasteiger partial charge < -0.3 is 10.6 Å². The fourth-order valence-corrected chi connectivity index (χ4v) is 4.98. The zero-order valence-corrected chi connectivity index (χ0v) is 18.5. The van der Waals surface area contributed by atoms with E-state index in [1.54, 1.807) is 10.9 Å². The minimum Gasteiger partial charge on any atom is -0.383 e. The number of likely N-dealkylation sites (tertiary alicyclic amines) is 1. The largest absolute Gasteiger partial charge is 0.383 e. The third-order valence-electron chi connectivity index (χ3n) is 6.29. The van der Waals surface area contributed by atoms with Gasteiger partial charge in [-0.3, -0.25) is 9.58 Å². The number of rotatable bonds is 2. The van der Waals surface area contributed by atoms with Crippen LogP contribution in [0.2, 0.25) is 0 Å². The summed E-state index contributed by atoms with van der Waals surface area (Å²) in [4.78, 5) is 14.2. The molecule has 0 unspecified atom stereocenters. The zero-order chi connectivity index (χ0) is 18.7. The molecule has 29 heavy (non-hydrogen) atoms. The first-order valence-corrected chi connectivity index (χ1v) is 9.49. The second-order valence-electron chi connectivity index (χ2n) is 7.98. The third-order valence-corrected chi connectivity index (χ3v) is 6.29. The van der Waals surface area contributed by atoms with Crippen LogP contribution in [-0.4, -0.2) is 51.3 Å². The molecule has 3 atom stereocenters. The lowest BCUT2D eigenvalue weighted by Crippen LogP contribution is -2.30. The molecule has 0 aliphatic carbocycles. The van der Waals surface area contributed by atoms with Crippen LogP contribution in [-0.2, 0) is 7.05 Å². The highest BCUT2D eigenvalue weighted by molar-refractivity contribution is 5.86. The molecule has 0 saturated carbocycles. The Kier molecular flexibility index (Phi) is 5.94. The SMILES string of the molecule is Cc1ccccc1[C@@H]1[C@@H]2CN(c3nc(N)c4cnn(C)c4n3)C[C@@H]2CN1C.Cl.Cl. The van der Waals surface area contributed by atoms with E-state index >= 15 is 0 Å². The van der Waals surface area contributed by atoms with Gasteiger partial charge in [-0.05, 0) is 31.0 Å². The van der Waals surface area contributed by atoms with Crippen LogP contribution in [0.25, 0.3) is 11.0 Å². The Bertz CT molecular complexity index is 1020. The summed E-state index contributed by atoms with van der Waals surface area (Å²) in [7, 11) is 4.14. The van der Waals surface area contributed by atoms with Crippen LogP contribution in [0, 0.1) is 18.8 Å². The minimum atomic E-state index is 0. The van der Waals surface area contributed by atoms with Crippen molar-refractivity contribution in [3.05, 3.63) is 41.6 Å². The summed E-state index contributed by atoms with van der Waals surface area (Å²) in [5, 5.41) is 5.08. The molecule has 0 bridgehead atoms. The molecule has 5 rings (SSSR count). The van der Waals surface area contributed by atoms with Crippen molar-refractivity contribution < 1.29 is 0 Å². The van der Waals surface area contributed by atoms with Crippen molar-refractivity contribution in [2.24, 2.45) is 18.9 Å². The number of aromatic nitrogens is 4. The lowest BCUT2D eigenvalue weighted by Gasteiger charge is -2.28. The summed E-state index contributed by atoms with van der Waals surface area (Å²) < 4.78 is 1.76. The summed E-state index contributed by atoms with van der Waals surface area (Å²) in [6, 6.07) is 9.20. The monoisotopic (exact) mass is 435 g/mol. The Balaban J connectivity index is 0.00000120. The number of fused-ring (bicyclic) bond motifs is 2. The highest BCUT2D eigenvalue weighted by Gasteiger charge is 2.47. The van der Waals surface area contributed by atoms with Crippen LogP contribution < -0.4 is 10.6 Å². The fraction of sp³-hybridized carbons (Fsp3) is 0.450. The maximum absolute atomic E-state index is 6.17. The molecule has 2 fully saturated rings. The molecule has 0 amide bonds. The van der Waals surface area contributed by atoms with E-state index in [0.717, 1.165) is 36.6 Å². The van der Waals surface area contributed by atoms with E-state index in [2.05, 4.69) is 58.1 Å². The quantitative estimate of drug-likeness (QED) is 0.666. The number of nitrogens with two attached hydrogens (primary N) is 1. The smallest absolute Gasteiger partial charge is 0.229 e. The number of halogens is 2. The molecule has 2 aliphatic heterocycles. The van der Waals surface area contributed by atoms with E-state index in [1.165, 1.54) is 11.1 Å². The molecule has 0 radical (unpaired) electrons. The molecule has 7 nitrogen and oxygen atoms in total. The van der Waals surface area contributed by atoms with Crippen molar-refractivity contribution in [3.8, 4) is 0 Å². The highest BCUT2D eigenvalue weighted by Crippen LogP contribution is 2.45. The van der Waals surface area contributed by atoms with E-state index in [0.29, 0.717) is 23.7 Å². The molecule has 1 aromatic carbocycles. The molecular formula is C20H27Cl2N7. The Hall–Kier alpha value is -2.09. The van der Waals surface area contributed by atoms with E-state index < -0.39 is 0 Å². The number of aryl methyl sites for hydroxylation is 2. The van der Waals surface area contributed by atoms with Crippen LogP contribution in [0.15, 0.2) is 30.5 Å². The number of benzene rings is 1. The average Bonchev–Trinajstić information content (AvgIpc) is 3.29. The maximum Gasteiger partial charge on any atom is 0.229 e. The van der Waals surface area contributed by atoms with Crippen molar-refractivity contribution in [2.45, 2.75) is 13.0 Å². The van der Waals surface area contributed by atoms with Crippen molar-refractivity contribution >= 4 is 47.6 Å². The summed E-state index contributed by atoms with van der Waals surface area (Å²) in [6.07, 6.45) is 1.73. The predicted octanol–water partition coefficient (Wildman–Crippen LogP) is 2.84. The van der Waals surface area contributed by atoms with Gasteiger partial charge in [0.2, 0.25) is 5.95 Å². The van der Waals surface area contributed by atoms with Gasteiger partial charge in [0.05, 0.1) is 11.6 Å². The lowest BCUT2D eigenvalue weighted by molar-refractivity contribution is 0.278. The molecule has 156 valence electrons. The van der Waals surface area contributed by atoms with Gasteiger partial charge in [-0.15, -0.1) is 24.8 Å². The average molecular weight is 436 g/mol. The zero-order valence-electron chi connectivity index (χ0n) is 16.8. The number of nitrogen functional groups attached to an aromatic ring is 1. The second kappa shape index (κ2) is 7.97. The third kappa shape index (κ3) is 3.41. The number of hydrogen-bond acceptors (Lipinski definition) is 6. The first-order valence-electron chi connectivity index (χ1n) is 9.49. The van der Waals surface area contributed by atoms with Gasteiger partial charge in [0.15, 0.2) is 5.65 Å². The summed E-state index contributed by atoms with van der Waals surface area (Å²) in [5.41, 5.74) is 9.78. The van der Waals surface area contributed by atoms with Crippen molar-refractivity contribution in [3.63, 3.8) is 0 Å². The Morgan fingerprint density at radius 1 is 1.03 bits per heavy atom. The van der Waals surface area contributed by atoms with Gasteiger partial charge >= 0.3 is 0 Å². The normalized spacial score (nSPS) is 23.7. The Labute approximate surface area is 183 Å².